The minimum Gasteiger partial charge on any atom is -0.445 e. The van der Waals surface area contributed by atoms with Crippen LogP contribution in [0.5, 0.6) is 0 Å². The van der Waals surface area contributed by atoms with Gasteiger partial charge in [0.1, 0.15) is 18.7 Å². The van der Waals surface area contributed by atoms with E-state index in [-0.39, 0.29) is 24.7 Å². The maximum absolute atomic E-state index is 12.9. The first-order valence-corrected chi connectivity index (χ1v) is 12.1. The van der Waals surface area contributed by atoms with Crippen LogP contribution in [0.2, 0.25) is 0 Å². The van der Waals surface area contributed by atoms with Gasteiger partial charge in [0.15, 0.2) is 0 Å². The number of ether oxygens (including phenoxy) is 1. The van der Waals surface area contributed by atoms with E-state index in [1.807, 2.05) is 50.2 Å². The maximum atomic E-state index is 12.9. The highest BCUT2D eigenvalue weighted by Gasteiger charge is 2.27. The highest BCUT2D eigenvalue weighted by molar-refractivity contribution is 7.85. The van der Waals surface area contributed by atoms with Crippen LogP contribution in [0.15, 0.2) is 65.6 Å². The Balaban J connectivity index is 1.94. The van der Waals surface area contributed by atoms with Gasteiger partial charge in [-0.1, -0.05) is 62.4 Å². The first-order chi connectivity index (χ1) is 15.8. The van der Waals surface area contributed by atoms with Gasteiger partial charge in [0.25, 0.3) is 0 Å². The van der Waals surface area contributed by atoms with Gasteiger partial charge in [0.05, 0.1) is 10.8 Å². The van der Waals surface area contributed by atoms with Crippen LogP contribution >= 0.6 is 0 Å². The van der Waals surface area contributed by atoms with Crippen LogP contribution in [0, 0.1) is 5.92 Å². The van der Waals surface area contributed by atoms with Crippen molar-refractivity contribution < 1.29 is 23.3 Å². The number of primary amides is 1. The molecule has 3 amide bonds. The van der Waals surface area contributed by atoms with E-state index < -0.39 is 40.8 Å². The van der Waals surface area contributed by atoms with Crippen molar-refractivity contribution in [2.75, 3.05) is 5.75 Å². The molecule has 178 valence electrons. The molecule has 0 radical (unpaired) electrons. The third-order valence-corrected chi connectivity index (χ3v) is 6.19. The zero-order valence-electron chi connectivity index (χ0n) is 18.9. The van der Waals surface area contributed by atoms with Gasteiger partial charge in [-0.25, -0.2) is 4.79 Å². The lowest BCUT2D eigenvalue weighted by Gasteiger charge is -2.23. The summed E-state index contributed by atoms with van der Waals surface area (Å²) in [7, 11) is -1.33. The van der Waals surface area contributed by atoms with Crippen LogP contribution in [0.4, 0.5) is 4.79 Å². The Labute approximate surface area is 196 Å². The molecule has 0 aliphatic heterocycles. The largest absolute Gasteiger partial charge is 0.445 e. The van der Waals surface area contributed by atoms with E-state index in [4.69, 9.17) is 10.5 Å². The lowest BCUT2D eigenvalue weighted by molar-refractivity contribution is -0.128. The second kappa shape index (κ2) is 13.4. The molecule has 9 heteroatoms. The van der Waals surface area contributed by atoms with Gasteiger partial charge in [-0.3, -0.25) is 13.8 Å². The molecule has 33 heavy (non-hydrogen) atoms. The number of rotatable bonds is 12. The molecule has 8 nitrogen and oxygen atoms in total. The summed E-state index contributed by atoms with van der Waals surface area (Å²) in [5, 5.41) is 5.16. The van der Waals surface area contributed by atoms with Gasteiger partial charge < -0.3 is 21.1 Å². The summed E-state index contributed by atoms with van der Waals surface area (Å²) in [5.41, 5.74) is 6.28. The molecule has 0 aromatic heterocycles. The van der Waals surface area contributed by atoms with Crippen molar-refractivity contribution in [2.24, 2.45) is 11.7 Å². The maximum Gasteiger partial charge on any atom is 0.408 e. The molecule has 0 fully saturated rings. The second-order valence-electron chi connectivity index (χ2n) is 8.00. The van der Waals surface area contributed by atoms with Crippen molar-refractivity contribution in [3.8, 4) is 0 Å². The molecule has 0 heterocycles. The average Bonchev–Trinajstić information content (AvgIpc) is 2.80. The van der Waals surface area contributed by atoms with E-state index in [1.54, 1.807) is 24.3 Å². The summed E-state index contributed by atoms with van der Waals surface area (Å²) >= 11 is 0. The molecule has 0 bridgehead atoms. The minimum atomic E-state index is -1.33. The third kappa shape index (κ3) is 9.44. The van der Waals surface area contributed by atoms with Gasteiger partial charge in [0, 0.05) is 10.6 Å². The normalized spacial score (nSPS) is 13.5. The Bertz CT molecular complexity index is 938. The van der Waals surface area contributed by atoms with Crippen LogP contribution in [0.25, 0.3) is 0 Å². The van der Waals surface area contributed by atoms with Crippen LogP contribution in [-0.2, 0) is 31.7 Å². The van der Waals surface area contributed by atoms with E-state index in [1.165, 1.54) is 0 Å². The number of carbonyl (C=O) groups excluding carboxylic acids is 3. The molecule has 2 aromatic carbocycles. The van der Waals surface area contributed by atoms with E-state index in [0.717, 1.165) is 5.56 Å². The number of nitrogens with one attached hydrogen (secondary N) is 2. The molecule has 0 spiro atoms. The molecular formula is C24H31N3O5S. The smallest absolute Gasteiger partial charge is 0.408 e. The SMILES string of the molecule is CC(C)C[C@H](NC(=O)OCc1ccccc1)C(=O)N[C@@H](CC[S@@](=O)c1ccccc1)C(N)=O. The predicted molar refractivity (Wildman–Crippen MR) is 126 cm³/mol. The Hall–Kier alpha value is -3.20. The first-order valence-electron chi connectivity index (χ1n) is 10.8. The van der Waals surface area contributed by atoms with Crippen LogP contribution in [-0.4, -0.2) is 40.0 Å². The summed E-state index contributed by atoms with van der Waals surface area (Å²) in [5.74, 6) is -1.04. The number of hydrogen-bond acceptors (Lipinski definition) is 5. The molecule has 0 saturated heterocycles. The lowest BCUT2D eigenvalue weighted by atomic mass is 10.0. The molecular weight excluding hydrogens is 442 g/mol. The van der Waals surface area contributed by atoms with E-state index in [0.29, 0.717) is 11.3 Å². The summed E-state index contributed by atoms with van der Waals surface area (Å²) in [6.07, 6.45) is -0.288. The zero-order chi connectivity index (χ0) is 24.2. The predicted octanol–water partition coefficient (Wildman–Crippen LogP) is 2.50. The van der Waals surface area contributed by atoms with Crippen LogP contribution < -0.4 is 16.4 Å². The first kappa shape index (κ1) is 26.1. The summed E-state index contributed by atoms with van der Waals surface area (Å²) in [6.45, 7) is 3.88. The van der Waals surface area contributed by atoms with Crippen molar-refractivity contribution in [1.29, 1.82) is 0 Å². The highest BCUT2D eigenvalue weighted by atomic mass is 32.2. The summed E-state index contributed by atoms with van der Waals surface area (Å²) < 4.78 is 17.7. The van der Waals surface area contributed by atoms with Gasteiger partial charge in [-0.2, -0.15) is 0 Å². The number of hydrogen-bond donors (Lipinski definition) is 3. The third-order valence-electron chi connectivity index (χ3n) is 4.79. The lowest BCUT2D eigenvalue weighted by Crippen LogP contribution is -2.53. The van der Waals surface area contributed by atoms with Crippen molar-refractivity contribution in [1.82, 2.24) is 10.6 Å². The van der Waals surface area contributed by atoms with Crippen molar-refractivity contribution in [3.63, 3.8) is 0 Å². The molecule has 0 aliphatic carbocycles. The summed E-state index contributed by atoms with van der Waals surface area (Å²) in [6, 6.07) is 16.1. The Morgan fingerprint density at radius 3 is 2.12 bits per heavy atom. The molecule has 3 atom stereocenters. The Morgan fingerprint density at radius 2 is 1.55 bits per heavy atom. The molecule has 2 aromatic rings. The van der Waals surface area contributed by atoms with Crippen molar-refractivity contribution >= 4 is 28.7 Å². The molecule has 0 unspecified atom stereocenters. The minimum absolute atomic E-state index is 0.0674. The number of nitrogens with two attached hydrogens (primary N) is 1. The van der Waals surface area contributed by atoms with Crippen molar-refractivity contribution in [3.05, 3.63) is 66.2 Å². The van der Waals surface area contributed by atoms with Crippen LogP contribution in [0.3, 0.4) is 0 Å². The quantitative estimate of drug-likeness (QED) is 0.436. The summed E-state index contributed by atoms with van der Waals surface area (Å²) in [4.78, 5) is 37.7. The fraction of sp³-hybridized carbons (Fsp3) is 0.375. The number of carbonyl (C=O) groups is 3. The van der Waals surface area contributed by atoms with Crippen molar-refractivity contribution in [2.45, 2.75) is 50.3 Å². The van der Waals surface area contributed by atoms with E-state index in [9.17, 15) is 18.6 Å². The standard InChI is InChI=1S/C24H31N3O5S/c1-17(2)15-21(27-24(30)32-16-18-9-5-3-6-10-18)23(29)26-20(22(25)28)13-14-33(31)19-11-7-4-8-12-19/h3-12,17,20-21H,13-16H2,1-2H3,(H2,25,28)(H,26,29)(H,27,30)/t20-,21-,33+/m0/s1. The molecule has 0 aliphatic rings. The Kier molecular flexibility index (Phi) is 10.6. The number of alkyl carbamates (subject to hydrolysis) is 1. The zero-order valence-corrected chi connectivity index (χ0v) is 19.7. The van der Waals surface area contributed by atoms with Gasteiger partial charge in [-0.05, 0) is 36.5 Å². The number of benzene rings is 2. The molecule has 2 rings (SSSR count). The molecule has 0 saturated carbocycles. The fourth-order valence-electron chi connectivity index (χ4n) is 3.08. The Morgan fingerprint density at radius 1 is 0.939 bits per heavy atom. The monoisotopic (exact) mass is 473 g/mol. The van der Waals surface area contributed by atoms with E-state index >= 15 is 0 Å². The van der Waals surface area contributed by atoms with Gasteiger partial charge in [0.2, 0.25) is 11.8 Å². The fourth-order valence-corrected chi connectivity index (χ4v) is 4.23. The topological polar surface area (TPSA) is 128 Å². The van der Waals surface area contributed by atoms with Gasteiger partial charge >= 0.3 is 6.09 Å². The van der Waals surface area contributed by atoms with Crippen LogP contribution in [0.1, 0.15) is 32.3 Å². The molecule has 4 N–H and O–H groups in total. The highest BCUT2D eigenvalue weighted by Crippen LogP contribution is 2.10. The second-order valence-corrected chi connectivity index (χ2v) is 9.57. The number of amides is 3. The van der Waals surface area contributed by atoms with E-state index in [2.05, 4.69) is 10.6 Å². The average molecular weight is 474 g/mol. The van der Waals surface area contributed by atoms with Gasteiger partial charge in [-0.15, -0.1) is 0 Å².